The predicted molar refractivity (Wildman–Crippen MR) is 126 cm³/mol. The second-order valence-electron chi connectivity index (χ2n) is 7.17. The summed E-state index contributed by atoms with van der Waals surface area (Å²) in [6, 6.07) is 21.1. The molecule has 0 spiro atoms. The van der Waals surface area contributed by atoms with Crippen LogP contribution in [-0.2, 0) is 14.8 Å². The summed E-state index contributed by atoms with van der Waals surface area (Å²) in [5, 5.41) is 3.92. The number of para-hydroxylation sites is 1. The van der Waals surface area contributed by atoms with Crippen LogP contribution in [0.25, 0.3) is 0 Å². The van der Waals surface area contributed by atoms with Crippen molar-refractivity contribution in [2.45, 2.75) is 11.8 Å². The average molecular weight is 468 g/mol. The Balaban J connectivity index is 1.58. The van der Waals surface area contributed by atoms with Gasteiger partial charge in [0.1, 0.15) is 17.2 Å². The number of likely N-dealkylation sites (N-methyl/N-ethyl adjacent to an activating group) is 1. The number of carbonyl (C=O) groups is 1. The van der Waals surface area contributed by atoms with Gasteiger partial charge in [0.2, 0.25) is 10.0 Å². The molecule has 0 heterocycles. The van der Waals surface area contributed by atoms with Crippen molar-refractivity contribution in [2.24, 2.45) is 5.10 Å². The van der Waals surface area contributed by atoms with Gasteiger partial charge in [-0.3, -0.25) is 4.79 Å². The number of benzene rings is 3. The lowest BCUT2D eigenvalue weighted by atomic mass is 10.2. The number of hydrogen-bond donors (Lipinski definition) is 1. The SMILES string of the molecule is COc1ccc(S(=O)(=O)N(C)CC(=O)NN=Cc2cccc(Oc3ccccc3)c2)cc1C. The molecule has 0 radical (unpaired) electrons. The van der Waals surface area contributed by atoms with E-state index in [2.05, 4.69) is 10.5 Å². The Morgan fingerprint density at radius 1 is 1.03 bits per heavy atom. The maximum Gasteiger partial charge on any atom is 0.255 e. The molecular formula is C24H25N3O5S. The van der Waals surface area contributed by atoms with Crippen LogP contribution in [0.5, 0.6) is 17.2 Å². The number of carbonyl (C=O) groups excluding carboxylic acids is 1. The quantitative estimate of drug-likeness (QED) is 0.383. The van der Waals surface area contributed by atoms with Crippen LogP contribution in [0.4, 0.5) is 0 Å². The number of ether oxygens (including phenoxy) is 2. The molecule has 1 amide bonds. The molecule has 0 aliphatic rings. The van der Waals surface area contributed by atoms with Crippen molar-refractivity contribution < 1.29 is 22.7 Å². The number of hydrazone groups is 1. The Morgan fingerprint density at radius 2 is 1.76 bits per heavy atom. The first-order valence-corrected chi connectivity index (χ1v) is 11.5. The zero-order valence-corrected chi connectivity index (χ0v) is 19.4. The molecule has 1 N–H and O–H groups in total. The van der Waals surface area contributed by atoms with Gasteiger partial charge in [0.15, 0.2) is 0 Å². The molecule has 0 fully saturated rings. The van der Waals surface area contributed by atoms with Gasteiger partial charge in [-0.25, -0.2) is 13.8 Å². The van der Waals surface area contributed by atoms with Crippen LogP contribution in [0.3, 0.4) is 0 Å². The molecule has 172 valence electrons. The predicted octanol–water partition coefficient (Wildman–Crippen LogP) is 3.57. The third-order valence-electron chi connectivity index (χ3n) is 4.68. The van der Waals surface area contributed by atoms with Gasteiger partial charge in [-0.2, -0.15) is 9.41 Å². The maximum absolute atomic E-state index is 12.8. The second kappa shape index (κ2) is 10.8. The molecule has 0 saturated heterocycles. The molecule has 3 aromatic carbocycles. The van der Waals surface area contributed by atoms with Crippen molar-refractivity contribution in [1.29, 1.82) is 0 Å². The first kappa shape index (κ1) is 24.0. The summed E-state index contributed by atoms with van der Waals surface area (Å²) in [7, 11) is -0.996. The van der Waals surface area contributed by atoms with E-state index in [0.717, 1.165) is 4.31 Å². The normalized spacial score (nSPS) is 11.5. The van der Waals surface area contributed by atoms with Crippen LogP contribution >= 0.6 is 0 Å². The fraction of sp³-hybridized carbons (Fsp3) is 0.167. The molecule has 0 aliphatic heterocycles. The van der Waals surface area contributed by atoms with Crippen LogP contribution in [0.2, 0.25) is 0 Å². The zero-order valence-electron chi connectivity index (χ0n) is 18.6. The van der Waals surface area contributed by atoms with Crippen molar-refractivity contribution in [2.75, 3.05) is 20.7 Å². The average Bonchev–Trinajstić information content (AvgIpc) is 2.80. The van der Waals surface area contributed by atoms with E-state index in [1.165, 1.54) is 32.5 Å². The molecule has 8 nitrogen and oxygen atoms in total. The Kier molecular flexibility index (Phi) is 7.81. The lowest BCUT2D eigenvalue weighted by molar-refractivity contribution is -0.121. The van der Waals surface area contributed by atoms with Crippen molar-refractivity contribution in [3.63, 3.8) is 0 Å². The number of methoxy groups -OCH3 is 1. The lowest BCUT2D eigenvalue weighted by Crippen LogP contribution is -2.36. The van der Waals surface area contributed by atoms with Gasteiger partial charge in [0.25, 0.3) is 5.91 Å². The van der Waals surface area contributed by atoms with Crippen molar-refractivity contribution in [3.8, 4) is 17.2 Å². The topological polar surface area (TPSA) is 97.3 Å². The van der Waals surface area contributed by atoms with Crippen LogP contribution in [0.15, 0.2) is 82.8 Å². The summed E-state index contributed by atoms with van der Waals surface area (Å²) < 4.78 is 37.4. The summed E-state index contributed by atoms with van der Waals surface area (Å²) in [6.07, 6.45) is 1.46. The standard InChI is InChI=1S/C24H25N3O5S/c1-18-14-22(12-13-23(18)31-3)33(29,30)27(2)17-24(28)26-25-16-19-8-7-11-21(15-19)32-20-9-5-4-6-10-20/h4-16H,17H2,1-3H3,(H,26,28). The first-order valence-electron chi connectivity index (χ1n) is 10.1. The smallest absolute Gasteiger partial charge is 0.255 e. The number of sulfonamides is 1. The van der Waals surface area contributed by atoms with E-state index in [1.807, 2.05) is 36.4 Å². The summed E-state index contributed by atoms with van der Waals surface area (Å²) in [4.78, 5) is 12.3. The molecule has 3 rings (SSSR count). The van der Waals surface area contributed by atoms with Crippen LogP contribution in [0.1, 0.15) is 11.1 Å². The van der Waals surface area contributed by atoms with E-state index in [1.54, 1.807) is 31.2 Å². The Hall–Kier alpha value is -3.69. The highest BCUT2D eigenvalue weighted by Gasteiger charge is 2.23. The van der Waals surface area contributed by atoms with E-state index in [9.17, 15) is 13.2 Å². The molecule has 0 atom stereocenters. The molecule has 0 aromatic heterocycles. The number of nitrogens with one attached hydrogen (secondary N) is 1. The van der Waals surface area contributed by atoms with E-state index < -0.39 is 15.9 Å². The zero-order chi connectivity index (χ0) is 23.8. The summed E-state index contributed by atoms with van der Waals surface area (Å²) >= 11 is 0. The highest BCUT2D eigenvalue weighted by atomic mass is 32.2. The van der Waals surface area contributed by atoms with Crippen molar-refractivity contribution >= 4 is 22.1 Å². The minimum absolute atomic E-state index is 0.0785. The molecule has 9 heteroatoms. The van der Waals surface area contributed by atoms with Crippen LogP contribution in [0, 0.1) is 6.92 Å². The molecule has 0 saturated carbocycles. The third kappa shape index (κ3) is 6.41. The largest absolute Gasteiger partial charge is 0.496 e. The number of amides is 1. The van der Waals surface area contributed by atoms with E-state index >= 15 is 0 Å². The molecule has 33 heavy (non-hydrogen) atoms. The van der Waals surface area contributed by atoms with Gasteiger partial charge in [0, 0.05) is 7.05 Å². The minimum atomic E-state index is -3.85. The fourth-order valence-corrected chi connectivity index (χ4v) is 4.19. The Labute approximate surface area is 193 Å². The molecular weight excluding hydrogens is 442 g/mol. The number of aryl methyl sites for hydroxylation is 1. The lowest BCUT2D eigenvalue weighted by Gasteiger charge is -2.17. The summed E-state index contributed by atoms with van der Waals surface area (Å²) in [5.74, 6) is 1.34. The summed E-state index contributed by atoms with van der Waals surface area (Å²) in [6.45, 7) is 1.36. The molecule has 0 unspecified atom stereocenters. The third-order valence-corrected chi connectivity index (χ3v) is 6.48. The number of rotatable bonds is 9. The highest BCUT2D eigenvalue weighted by molar-refractivity contribution is 7.89. The second-order valence-corrected chi connectivity index (χ2v) is 9.22. The van der Waals surface area contributed by atoms with Crippen LogP contribution < -0.4 is 14.9 Å². The van der Waals surface area contributed by atoms with Gasteiger partial charge < -0.3 is 9.47 Å². The molecule has 0 bridgehead atoms. The van der Waals surface area contributed by atoms with Crippen molar-refractivity contribution in [1.82, 2.24) is 9.73 Å². The van der Waals surface area contributed by atoms with E-state index in [4.69, 9.17) is 9.47 Å². The van der Waals surface area contributed by atoms with Gasteiger partial charge in [-0.1, -0.05) is 30.3 Å². The van der Waals surface area contributed by atoms with E-state index in [-0.39, 0.29) is 11.4 Å². The molecule has 0 aliphatic carbocycles. The number of hydrogen-bond acceptors (Lipinski definition) is 6. The van der Waals surface area contributed by atoms with Gasteiger partial charge >= 0.3 is 0 Å². The summed E-state index contributed by atoms with van der Waals surface area (Å²) in [5.41, 5.74) is 3.73. The fourth-order valence-electron chi connectivity index (χ4n) is 2.98. The monoisotopic (exact) mass is 467 g/mol. The Morgan fingerprint density at radius 3 is 2.45 bits per heavy atom. The Bertz CT molecular complexity index is 1240. The molecule has 3 aromatic rings. The van der Waals surface area contributed by atoms with Gasteiger partial charge in [-0.05, 0) is 60.5 Å². The van der Waals surface area contributed by atoms with Crippen molar-refractivity contribution in [3.05, 3.63) is 83.9 Å². The minimum Gasteiger partial charge on any atom is -0.496 e. The van der Waals surface area contributed by atoms with Gasteiger partial charge in [-0.15, -0.1) is 0 Å². The highest BCUT2D eigenvalue weighted by Crippen LogP contribution is 2.23. The van der Waals surface area contributed by atoms with Crippen LogP contribution in [-0.4, -0.2) is 45.5 Å². The first-order chi connectivity index (χ1) is 15.8. The number of nitrogens with zero attached hydrogens (tertiary/aromatic N) is 2. The maximum atomic E-state index is 12.8. The van der Waals surface area contributed by atoms with Gasteiger partial charge in [0.05, 0.1) is 24.8 Å². The van der Waals surface area contributed by atoms with E-state index in [0.29, 0.717) is 28.4 Å².